The van der Waals surface area contributed by atoms with Crippen molar-refractivity contribution in [1.29, 1.82) is 0 Å². The summed E-state index contributed by atoms with van der Waals surface area (Å²) in [6.45, 7) is 3.89. The summed E-state index contributed by atoms with van der Waals surface area (Å²) in [5.41, 5.74) is 4.27. The van der Waals surface area contributed by atoms with E-state index in [0.717, 1.165) is 21.9 Å². The van der Waals surface area contributed by atoms with Crippen LogP contribution in [0.25, 0.3) is 10.8 Å². The molecular weight excluding hydrogens is 372 g/mol. The molecular formula is C26H22N2O2. The van der Waals surface area contributed by atoms with Gasteiger partial charge in [-0.1, -0.05) is 59.7 Å². The van der Waals surface area contributed by atoms with Crippen molar-refractivity contribution < 1.29 is 9.59 Å². The quantitative estimate of drug-likeness (QED) is 0.449. The van der Waals surface area contributed by atoms with Crippen molar-refractivity contribution in [3.8, 4) is 0 Å². The zero-order chi connectivity index (χ0) is 21.1. The van der Waals surface area contributed by atoms with Gasteiger partial charge in [0.1, 0.15) is 0 Å². The Morgan fingerprint density at radius 3 is 1.40 bits per heavy atom. The Morgan fingerprint density at radius 2 is 1.00 bits per heavy atom. The van der Waals surface area contributed by atoms with Crippen LogP contribution in [0.2, 0.25) is 0 Å². The van der Waals surface area contributed by atoms with Gasteiger partial charge in [-0.3, -0.25) is 9.59 Å². The van der Waals surface area contributed by atoms with E-state index in [1.807, 2.05) is 86.6 Å². The lowest BCUT2D eigenvalue weighted by Gasteiger charge is -2.15. The molecule has 0 aliphatic heterocycles. The number of amides is 2. The average Bonchev–Trinajstić information content (AvgIpc) is 2.74. The van der Waals surface area contributed by atoms with Gasteiger partial charge in [-0.15, -0.1) is 0 Å². The van der Waals surface area contributed by atoms with Gasteiger partial charge in [0.15, 0.2) is 0 Å². The molecule has 0 aromatic heterocycles. The summed E-state index contributed by atoms with van der Waals surface area (Å²) in [5.74, 6) is -0.444. The molecule has 0 heterocycles. The predicted molar refractivity (Wildman–Crippen MR) is 122 cm³/mol. The van der Waals surface area contributed by atoms with Crippen LogP contribution >= 0.6 is 0 Å². The van der Waals surface area contributed by atoms with Crippen LogP contribution in [0.4, 0.5) is 11.4 Å². The Labute approximate surface area is 175 Å². The molecule has 0 fully saturated rings. The minimum Gasteiger partial charge on any atom is -0.320 e. The molecule has 0 unspecified atom stereocenters. The van der Waals surface area contributed by atoms with E-state index in [1.54, 1.807) is 12.1 Å². The summed E-state index contributed by atoms with van der Waals surface area (Å²) in [5, 5.41) is 7.88. The first-order valence-electron chi connectivity index (χ1n) is 9.78. The maximum Gasteiger partial charge on any atom is 0.255 e. The zero-order valence-corrected chi connectivity index (χ0v) is 16.9. The third kappa shape index (κ3) is 4.23. The first-order valence-corrected chi connectivity index (χ1v) is 9.78. The molecule has 4 rings (SSSR count). The maximum absolute atomic E-state index is 12.8. The number of carbonyl (C=O) groups excluding carboxylic acids is 2. The molecule has 2 N–H and O–H groups in total. The van der Waals surface area contributed by atoms with Crippen LogP contribution in [-0.4, -0.2) is 11.8 Å². The normalized spacial score (nSPS) is 10.6. The van der Waals surface area contributed by atoms with E-state index in [2.05, 4.69) is 10.6 Å². The van der Waals surface area contributed by atoms with Crippen LogP contribution in [0.5, 0.6) is 0 Å². The monoisotopic (exact) mass is 394 g/mol. The summed E-state index contributed by atoms with van der Waals surface area (Å²) < 4.78 is 0. The van der Waals surface area contributed by atoms with Gasteiger partial charge in [0.2, 0.25) is 0 Å². The first kappa shape index (κ1) is 19.4. The van der Waals surface area contributed by atoms with Gasteiger partial charge in [0.25, 0.3) is 11.8 Å². The molecule has 0 radical (unpaired) electrons. The van der Waals surface area contributed by atoms with Crippen LogP contribution in [0, 0.1) is 13.8 Å². The lowest BCUT2D eigenvalue weighted by atomic mass is 10.1. The molecule has 148 valence electrons. The molecule has 0 aliphatic rings. The molecule has 4 aromatic rings. The van der Waals surface area contributed by atoms with E-state index in [4.69, 9.17) is 0 Å². The molecule has 4 heteroatoms. The van der Waals surface area contributed by atoms with E-state index in [1.165, 1.54) is 0 Å². The number of fused-ring (bicyclic) bond motifs is 1. The highest BCUT2D eigenvalue weighted by molar-refractivity contribution is 6.12. The molecule has 0 saturated carbocycles. The lowest BCUT2D eigenvalue weighted by molar-refractivity contribution is 0.101. The van der Waals surface area contributed by atoms with Gasteiger partial charge in [0.05, 0.1) is 11.4 Å². The van der Waals surface area contributed by atoms with Gasteiger partial charge in [-0.05, 0) is 61.0 Å². The highest BCUT2D eigenvalue weighted by Gasteiger charge is 2.14. The summed E-state index contributed by atoms with van der Waals surface area (Å²) in [6.07, 6.45) is 0. The Morgan fingerprint density at radius 1 is 0.567 bits per heavy atom. The minimum atomic E-state index is -0.222. The van der Waals surface area contributed by atoms with E-state index >= 15 is 0 Å². The van der Waals surface area contributed by atoms with Crippen molar-refractivity contribution in [2.24, 2.45) is 0 Å². The van der Waals surface area contributed by atoms with Gasteiger partial charge in [-0.2, -0.15) is 0 Å². The van der Waals surface area contributed by atoms with Gasteiger partial charge < -0.3 is 10.6 Å². The average molecular weight is 394 g/mol. The van der Waals surface area contributed by atoms with Crippen molar-refractivity contribution in [2.75, 3.05) is 10.6 Å². The van der Waals surface area contributed by atoms with Crippen LogP contribution in [0.1, 0.15) is 31.8 Å². The fraction of sp³-hybridized carbons (Fsp3) is 0.0769. The molecule has 0 bridgehead atoms. The zero-order valence-electron chi connectivity index (χ0n) is 16.9. The van der Waals surface area contributed by atoms with Gasteiger partial charge >= 0.3 is 0 Å². The summed E-state index contributed by atoms with van der Waals surface area (Å²) in [7, 11) is 0. The predicted octanol–water partition coefficient (Wildman–Crippen LogP) is 5.96. The van der Waals surface area contributed by atoms with Crippen molar-refractivity contribution >= 4 is 34.0 Å². The second kappa shape index (κ2) is 8.21. The summed E-state index contributed by atoms with van der Waals surface area (Å²) in [6, 6.07) is 26.4. The number of hydrogen-bond donors (Lipinski definition) is 2. The van der Waals surface area contributed by atoms with Crippen LogP contribution in [0.3, 0.4) is 0 Å². The summed E-state index contributed by atoms with van der Waals surface area (Å²) in [4.78, 5) is 25.7. The highest BCUT2D eigenvalue weighted by atomic mass is 16.2. The van der Waals surface area contributed by atoms with Crippen molar-refractivity contribution in [3.63, 3.8) is 0 Å². The van der Waals surface area contributed by atoms with Crippen LogP contribution in [0.15, 0.2) is 84.9 Å². The molecule has 4 aromatic carbocycles. The highest BCUT2D eigenvalue weighted by Crippen LogP contribution is 2.29. The van der Waals surface area contributed by atoms with Crippen molar-refractivity contribution in [1.82, 2.24) is 0 Å². The number of nitrogens with one attached hydrogen (secondary N) is 2. The second-order valence-corrected chi connectivity index (χ2v) is 7.39. The number of anilines is 2. The van der Waals surface area contributed by atoms with Gasteiger partial charge in [-0.25, -0.2) is 0 Å². The van der Waals surface area contributed by atoms with Crippen molar-refractivity contribution in [3.05, 3.63) is 107 Å². The van der Waals surface area contributed by atoms with E-state index in [0.29, 0.717) is 22.5 Å². The van der Waals surface area contributed by atoms with E-state index in [-0.39, 0.29) is 11.8 Å². The Balaban J connectivity index is 1.70. The largest absolute Gasteiger partial charge is 0.320 e. The second-order valence-electron chi connectivity index (χ2n) is 7.39. The van der Waals surface area contributed by atoms with E-state index in [9.17, 15) is 9.59 Å². The molecule has 0 saturated heterocycles. The molecule has 0 aliphatic carbocycles. The third-order valence-corrected chi connectivity index (χ3v) is 4.94. The Bertz CT molecular complexity index is 1160. The molecule has 2 amide bonds. The molecule has 4 nitrogen and oxygen atoms in total. The topological polar surface area (TPSA) is 58.2 Å². The fourth-order valence-electron chi connectivity index (χ4n) is 3.41. The third-order valence-electron chi connectivity index (χ3n) is 4.94. The van der Waals surface area contributed by atoms with Crippen LogP contribution in [-0.2, 0) is 0 Å². The first-order chi connectivity index (χ1) is 14.5. The SMILES string of the molecule is Cc1cccc(C(=O)Nc2cc3ccccc3cc2NC(=O)c2cccc(C)c2)c1. The lowest BCUT2D eigenvalue weighted by Crippen LogP contribution is -2.17. The van der Waals surface area contributed by atoms with Crippen molar-refractivity contribution in [2.45, 2.75) is 13.8 Å². The molecule has 0 atom stereocenters. The van der Waals surface area contributed by atoms with Crippen LogP contribution < -0.4 is 10.6 Å². The molecule has 30 heavy (non-hydrogen) atoms. The number of aryl methyl sites for hydroxylation is 2. The number of benzene rings is 4. The number of carbonyl (C=O) groups is 2. The Kier molecular flexibility index (Phi) is 5.31. The maximum atomic E-state index is 12.8. The Hall–Kier alpha value is -3.92. The smallest absolute Gasteiger partial charge is 0.255 e. The molecule has 0 spiro atoms. The number of hydrogen-bond acceptors (Lipinski definition) is 2. The van der Waals surface area contributed by atoms with Gasteiger partial charge in [0, 0.05) is 11.1 Å². The summed E-state index contributed by atoms with van der Waals surface area (Å²) >= 11 is 0. The number of rotatable bonds is 4. The van der Waals surface area contributed by atoms with E-state index < -0.39 is 0 Å². The fourth-order valence-corrected chi connectivity index (χ4v) is 3.41. The standard InChI is InChI=1S/C26H22N2O2/c1-17-7-5-11-21(13-17)25(29)27-23-15-19-9-3-4-10-20(19)16-24(23)28-26(30)22-12-6-8-18(2)14-22/h3-16H,1-2H3,(H,27,29)(H,28,30). The minimum absolute atomic E-state index is 0.222.